The summed E-state index contributed by atoms with van der Waals surface area (Å²) in [5.74, 6) is 0. The van der Waals surface area contributed by atoms with Gasteiger partial charge in [-0.05, 0) is 51.7 Å². The minimum absolute atomic E-state index is 0.728. The number of rotatable bonds is 2. The van der Waals surface area contributed by atoms with Crippen LogP contribution in [0.4, 0.5) is 0 Å². The zero-order valence-electron chi connectivity index (χ0n) is 7.09. The van der Waals surface area contributed by atoms with Crippen LogP contribution in [0.15, 0.2) is 18.2 Å². The number of benzene rings is 1. The Morgan fingerprint density at radius 1 is 1.43 bits per heavy atom. The molecule has 0 N–H and O–H groups in total. The molecule has 0 aliphatic rings. The van der Waals surface area contributed by atoms with Gasteiger partial charge in [0.05, 0.1) is 2.88 Å². The lowest BCUT2D eigenvalue weighted by Gasteiger charge is -2.00. The van der Waals surface area contributed by atoms with Gasteiger partial charge in [0.15, 0.2) is 0 Å². The number of carbonyl (C=O) groups is 1. The maximum atomic E-state index is 10.8. The Balaban J connectivity index is 2.74. The van der Waals surface area contributed by atoms with Crippen LogP contribution >= 0.6 is 49.9 Å². The Morgan fingerprint density at radius 3 is 2.86 bits per heavy atom. The molecule has 0 atom stereocenters. The number of aldehydes is 1. The lowest BCUT2D eigenvalue weighted by atomic mass is 10.1. The molecule has 0 radical (unpaired) electrons. The lowest BCUT2D eigenvalue weighted by Crippen LogP contribution is -1.87. The van der Waals surface area contributed by atoms with E-state index in [1.807, 2.05) is 6.07 Å². The molecule has 1 nitrogen and oxygen atoms in total. The second kappa shape index (κ2) is 4.28. The highest BCUT2D eigenvalue weighted by Crippen LogP contribution is 2.29. The minimum atomic E-state index is 0.728. The summed E-state index contributed by atoms with van der Waals surface area (Å²) in [6.07, 6.45) is 0.917. The second-order valence-electron chi connectivity index (χ2n) is 2.89. The molecule has 0 amide bonds. The fourth-order valence-corrected chi connectivity index (χ4v) is 3.71. The Labute approximate surface area is 108 Å². The van der Waals surface area contributed by atoms with E-state index in [9.17, 15) is 4.79 Å². The molecule has 0 saturated heterocycles. The van der Waals surface area contributed by atoms with Crippen LogP contribution in [0, 0.1) is 2.88 Å². The predicted octanol–water partition coefficient (Wildman–Crippen LogP) is 4.21. The summed E-state index contributed by atoms with van der Waals surface area (Å²) in [6, 6.07) is 6.14. The number of hydrogen-bond acceptors (Lipinski definition) is 2. The fourth-order valence-electron chi connectivity index (χ4n) is 1.34. The molecule has 0 aliphatic heterocycles. The highest BCUT2D eigenvalue weighted by atomic mass is 127. The van der Waals surface area contributed by atoms with E-state index in [0.29, 0.717) is 0 Å². The van der Waals surface area contributed by atoms with E-state index in [1.165, 1.54) is 7.58 Å². The number of carbonyl (C=O) groups excluding carboxylic acids is 1. The van der Waals surface area contributed by atoms with Crippen LogP contribution in [0.3, 0.4) is 0 Å². The Bertz CT molecular complexity index is 492. The third-order valence-electron chi connectivity index (χ3n) is 2.02. The van der Waals surface area contributed by atoms with Crippen LogP contribution in [0.2, 0.25) is 0 Å². The van der Waals surface area contributed by atoms with Crippen LogP contribution in [-0.4, -0.2) is 6.29 Å². The first-order valence-corrected chi connectivity index (χ1v) is 6.99. The van der Waals surface area contributed by atoms with Gasteiger partial charge in [-0.2, -0.15) is 0 Å². The molecule has 0 fully saturated rings. The van der Waals surface area contributed by atoms with Gasteiger partial charge in [0.2, 0.25) is 0 Å². The Hall–Kier alpha value is 0.0600. The highest BCUT2D eigenvalue weighted by Gasteiger charge is 2.05. The molecule has 0 bridgehead atoms. The molecule has 2 rings (SSSR count). The molecule has 0 saturated carbocycles. The van der Waals surface area contributed by atoms with Gasteiger partial charge in [0.25, 0.3) is 0 Å². The van der Waals surface area contributed by atoms with Crippen LogP contribution in [0.1, 0.15) is 15.9 Å². The van der Waals surface area contributed by atoms with Gasteiger partial charge in [-0.15, -0.1) is 11.3 Å². The average molecular weight is 381 g/mol. The first kappa shape index (κ1) is 10.6. The first-order chi connectivity index (χ1) is 6.74. The maximum absolute atomic E-state index is 10.8. The zero-order chi connectivity index (χ0) is 10.1. The summed E-state index contributed by atoms with van der Waals surface area (Å²) in [5.41, 5.74) is 1.84. The van der Waals surface area contributed by atoms with Crippen molar-refractivity contribution in [3.63, 3.8) is 0 Å². The largest absolute Gasteiger partial charge is 0.298 e. The van der Waals surface area contributed by atoms with E-state index in [0.717, 1.165) is 28.1 Å². The number of hydrogen-bond donors (Lipinski definition) is 0. The molecule has 1 aromatic heterocycles. The van der Waals surface area contributed by atoms with Gasteiger partial charge >= 0.3 is 0 Å². The summed E-state index contributed by atoms with van der Waals surface area (Å²) >= 11 is 7.44. The molecular weight excluding hydrogens is 375 g/mol. The van der Waals surface area contributed by atoms with Crippen LogP contribution < -0.4 is 0 Å². The van der Waals surface area contributed by atoms with Crippen molar-refractivity contribution < 1.29 is 4.79 Å². The Morgan fingerprint density at radius 2 is 2.21 bits per heavy atom. The van der Waals surface area contributed by atoms with Crippen LogP contribution in [-0.2, 0) is 5.33 Å². The highest BCUT2D eigenvalue weighted by molar-refractivity contribution is 14.1. The van der Waals surface area contributed by atoms with Crippen molar-refractivity contribution in [1.82, 2.24) is 0 Å². The molecule has 0 spiro atoms. The third-order valence-corrected chi connectivity index (χ3v) is 4.48. The van der Waals surface area contributed by atoms with E-state index in [4.69, 9.17) is 0 Å². The predicted molar refractivity (Wildman–Crippen MR) is 72.6 cm³/mol. The van der Waals surface area contributed by atoms with Crippen molar-refractivity contribution in [1.29, 1.82) is 0 Å². The molecule has 1 heterocycles. The van der Waals surface area contributed by atoms with Gasteiger partial charge in [0.1, 0.15) is 6.29 Å². The number of halogens is 2. The number of fused-ring (bicyclic) bond motifs is 1. The summed E-state index contributed by atoms with van der Waals surface area (Å²) in [7, 11) is 0. The van der Waals surface area contributed by atoms with E-state index in [2.05, 4.69) is 50.7 Å². The molecule has 1 aromatic carbocycles. The summed E-state index contributed by atoms with van der Waals surface area (Å²) in [6.45, 7) is 0. The molecule has 0 unspecified atom stereocenters. The van der Waals surface area contributed by atoms with Crippen LogP contribution in [0.5, 0.6) is 0 Å². The maximum Gasteiger partial charge on any atom is 0.150 e. The van der Waals surface area contributed by atoms with Crippen molar-refractivity contribution in [2.75, 3.05) is 0 Å². The standard InChI is InChI=1S/C10H6BrIOS/c11-4-7-2-9-6(1-8(7)5-13)3-10(12)14-9/h1-3,5H,4H2. The van der Waals surface area contributed by atoms with Crippen molar-refractivity contribution in [2.45, 2.75) is 5.33 Å². The average Bonchev–Trinajstić information content (AvgIpc) is 2.54. The minimum Gasteiger partial charge on any atom is -0.298 e. The fraction of sp³-hybridized carbons (Fsp3) is 0.100. The van der Waals surface area contributed by atoms with Gasteiger partial charge in [-0.1, -0.05) is 15.9 Å². The molecule has 72 valence electrons. The van der Waals surface area contributed by atoms with Crippen molar-refractivity contribution in [3.8, 4) is 0 Å². The summed E-state index contributed by atoms with van der Waals surface area (Å²) in [4.78, 5) is 10.8. The summed E-state index contributed by atoms with van der Waals surface area (Å²) in [5, 5.41) is 1.89. The normalized spacial score (nSPS) is 10.7. The number of alkyl halides is 1. The smallest absolute Gasteiger partial charge is 0.150 e. The van der Waals surface area contributed by atoms with E-state index in [1.54, 1.807) is 11.3 Å². The van der Waals surface area contributed by atoms with Crippen LogP contribution in [0.25, 0.3) is 10.1 Å². The van der Waals surface area contributed by atoms with Crippen molar-refractivity contribution in [2.24, 2.45) is 0 Å². The molecule has 2 aromatic rings. The van der Waals surface area contributed by atoms with Gasteiger partial charge < -0.3 is 0 Å². The third kappa shape index (κ3) is 1.87. The second-order valence-corrected chi connectivity index (χ2v) is 6.43. The molecule has 0 aliphatic carbocycles. The molecular formula is C10H6BrIOS. The van der Waals surface area contributed by atoms with Crippen molar-refractivity contribution in [3.05, 3.63) is 32.2 Å². The lowest BCUT2D eigenvalue weighted by molar-refractivity contribution is 0.112. The SMILES string of the molecule is O=Cc1cc2cc(I)sc2cc1CBr. The molecule has 4 heteroatoms. The summed E-state index contributed by atoms with van der Waals surface area (Å²) < 4.78 is 2.50. The van der Waals surface area contributed by atoms with Gasteiger partial charge in [-0.3, -0.25) is 4.79 Å². The number of thiophene rings is 1. The zero-order valence-corrected chi connectivity index (χ0v) is 11.6. The van der Waals surface area contributed by atoms with E-state index >= 15 is 0 Å². The Kier molecular flexibility index (Phi) is 3.23. The molecule has 14 heavy (non-hydrogen) atoms. The van der Waals surface area contributed by atoms with E-state index < -0.39 is 0 Å². The van der Waals surface area contributed by atoms with Gasteiger partial charge in [0, 0.05) is 15.6 Å². The topological polar surface area (TPSA) is 17.1 Å². The van der Waals surface area contributed by atoms with Crippen molar-refractivity contribution >= 4 is 66.2 Å². The first-order valence-electron chi connectivity index (χ1n) is 3.97. The monoisotopic (exact) mass is 380 g/mol. The quantitative estimate of drug-likeness (QED) is 0.433. The van der Waals surface area contributed by atoms with E-state index in [-0.39, 0.29) is 0 Å². The van der Waals surface area contributed by atoms with Gasteiger partial charge in [-0.25, -0.2) is 0 Å².